The molecular weight excluding hydrogens is 282 g/mol. The lowest BCUT2D eigenvalue weighted by molar-refractivity contribution is 0.810. The number of aryl methyl sites for hydroxylation is 2. The van der Waals surface area contributed by atoms with Gasteiger partial charge in [0.2, 0.25) is 5.95 Å². The molecule has 7 nitrogen and oxygen atoms in total. The molecule has 0 saturated heterocycles. The Kier molecular flexibility index (Phi) is 3.32. The summed E-state index contributed by atoms with van der Waals surface area (Å²) in [5.41, 5.74) is 2.07. The third kappa shape index (κ3) is 2.20. The van der Waals surface area contributed by atoms with Gasteiger partial charge in [0, 0.05) is 14.1 Å². The average Bonchev–Trinajstić information content (AvgIpc) is 2.86. The van der Waals surface area contributed by atoms with Crippen LogP contribution in [0.5, 0.6) is 0 Å². The second-order valence-electron chi connectivity index (χ2n) is 5.25. The first-order valence-corrected chi connectivity index (χ1v) is 6.94. The number of aromatic nitrogens is 4. The first-order valence-electron chi connectivity index (χ1n) is 6.94. The molecule has 0 amide bonds. The van der Waals surface area contributed by atoms with E-state index >= 15 is 0 Å². The molecule has 0 aliphatic carbocycles. The van der Waals surface area contributed by atoms with E-state index < -0.39 is 11.2 Å². The van der Waals surface area contributed by atoms with E-state index in [-0.39, 0.29) is 0 Å². The molecule has 0 spiro atoms. The lowest BCUT2D eigenvalue weighted by Crippen LogP contribution is -2.29. The second kappa shape index (κ2) is 5.18. The summed E-state index contributed by atoms with van der Waals surface area (Å²) in [6.45, 7) is 2.52. The topological polar surface area (TPSA) is 84.7 Å². The van der Waals surface area contributed by atoms with Crippen LogP contribution in [0.1, 0.15) is 11.1 Å². The molecule has 0 atom stereocenters. The third-order valence-corrected chi connectivity index (χ3v) is 3.69. The first-order chi connectivity index (χ1) is 10.5. The summed E-state index contributed by atoms with van der Waals surface area (Å²) in [6.07, 6.45) is 0. The Hall–Kier alpha value is -2.83. The smallest absolute Gasteiger partial charge is 0.329 e. The summed E-state index contributed by atoms with van der Waals surface area (Å²) in [4.78, 5) is 30.6. The Bertz CT molecular complexity index is 947. The van der Waals surface area contributed by atoms with Crippen LogP contribution < -0.4 is 16.6 Å². The van der Waals surface area contributed by atoms with Gasteiger partial charge >= 0.3 is 5.69 Å². The quantitative estimate of drug-likeness (QED) is 0.750. The fraction of sp³-hybridized carbons (Fsp3) is 0.267. The minimum absolute atomic E-state index is 0.366. The molecule has 2 heterocycles. The maximum atomic E-state index is 12.2. The van der Waals surface area contributed by atoms with E-state index in [4.69, 9.17) is 0 Å². The van der Waals surface area contributed by atoms with Gasteiger partial charge in [-0.15, -0.1) is 0 Å². The van der Waals surface area contributed by atoms with Crippen LogP contribution in [-0.4, -0.2) is 26.1 Å². The second-order valence-corrected chi connectivity index (χ2v) is 5.25. The molecule has 114 valence electrons. The average molecular weight is 299 g/mol. The summed E-state index contributed by atoms with van der Waals surface area (Å²) in [7, 11) is 3.32. The van der Waals surface area contributed by atoms with Crippen molar-refractivity contribution in [1.29, 1.82) is 0 Å². The summed E-state index contributed by atoms with van der Waals surface area (Å²) in [5, 5.41) is 2.97. The molecule has 3 aromatic rings. The van der Waals surface area contributed by atoms with Gasteiger partial charge < -0.3 is 5.32 Å². The van der Waals surface area contributed by atoms with Crippen LogP contribution >= 0.6 is 0 Å². The molecule has 3 rings (SSSR count). The Morgan fingerprint density at radius 1 is 1.23 bits per heavy atom. The molecule has 7 heteroatoms. The highest BCUT2D eigenvalue weighted by Crippen LogP contribution is 2.17. The number of nitrogens with zero attached hydrogens (tertiary/aromatic N) is 3. The molecule has 0 aliphatic rings. The lowest BCUT2D eigenvalue weighted by Gasteiger charge is -2.08. The van der Waals surface area contributed by atoms with Crippen molar-refractivity contribution in [2.24, 2.45) is 7.05 Å². The van der Waals surface area contributed by atoms with E-state index in [0.29, 0.717) is 23.7 Å². The van der Waals surface area contributed by atoms with Crippen LogP contribution in [0.4, 0.5) is 5.95 Å². The number of anilines is 1. The minimum atomic E-state index is -0.472. The third-order valence-electron chi connectivity index (χ3n) is 3.69. The van der Waals surface area contributed by atoms with Crippen LogP contribution in [0, 0.1) is 6.92 Å². The first kappa shape index (κ1) is 14.1. The number of aromatic amines is 1. The fourth-order valence-corrected chi connectivity index (χ4v) is 2.46. The number of imidazole rings is 1. The fourth-order valence-electron chi connectivity index (χ4n) is 2.46. The Morgan fingerprint density at radius 2 is 1.91 bits per heavy atom. The van der Waals surface area contributed by atoms with E-state index in [0.717, 1.165) is 5.56 Å². The molecule has 0 fully saturated rings. The van der Waals surface area contributed by atoms with Crippen LogP contribution in [0.2, 0.25) is 0 Å². The zero-order valence-electron chi connectivity index (χ0n) is 12.7. The number of H-pyrrole nitrogens is 1. The predicted octanol–water partition coefficient (Wildman–Crippen LogP) is 0.822. The van der Waals surface area contributed by atoms with Crippen LogP contribution in [0.25, 0.3) is 11.2 Å². The largest absolute Gasteiger partial charge is 0.359 e. The van der Waals surface area contributed by atoms with Crippen LogP contribution in [0.15, 0.2) is 33.9 Å². The van der Waals surface area contributed by atoms with Crippen molar-refractivity contribution in [3.63, 3.8) is 0 Å². The van der Waals surface area contributed by atoms with Gasteiger partial charge in [-0.05, 0) is 12.5 Å². The van der Waals surface area contributed by atoms with Crippen molar-refractivity contribution in [3.8, 4) is 0 Å². The van der Waals surface area contributed by atoms with Gasteiger partial charge in [0.1, 0.15) is 0 Å². The van der Waals surface area contributed by atoms with Crippen molar-refractivity contribution in [1.82, 2.24) is 19.1 Å². The van der Waals surface area contributed by atoms with Gasteiger partial charge in [0.15, 0.2) is 11.2 Å². The Morgan fingerprint density at radius 3 is 2.55 bits per heavy atom. The van der Waals surface area contributed by atoms with E-state index in [1.54, 1.807) is 18.7 Å². The molecular formula is C15H17N5O2. The SMILES string of the molecule is CNc1nc2c(c(=O)[nH]c(=O)n2C)n1Cc1ccc(C)cc1. The highest BCUT2D eigenvalue weighted by atomic mass is 16.2. The Labute approximate surface area is 126 Å². The highest BCUT2D eigenvalue weighted by molar-refractivity contribution is 5.74. The number of benzene rings is 1. The number of nitrogens with one attached hydrogen (secondary N) is 2. The van der Waals surface area contributed by atoms with Crippen LogP contribution in [0.3, 0.4) is 0 Å². The monoisotopic (exact) mass is 299 g/mol. The molecule has 0 unspecified atom stereocenters. The van der Waals surface area contributed by atoms with E-state index in [2.05, 4.69) is 15.3 Å². The van der Waals surface area contributed by atoms with Crippen molar-refractivity contribution < 1.29 is 0 Å². The van der Waals surface area contributed by atoms with Gasteiger partial charge in [0.05, 0.1) is 6.54 Å². The van der Waals surface area contributed by atoms with Gasteiger partial charge in [-0.2, -0.15) is 4.98 Å². The molecule has 0 bridgehead atoms. The maximum absolute atomic E-state index is 12.2. The van der Waals surface area contributed by atoms with Crippen molar-refractivity contribution in [3.05, 3.63) is 56.2 Å². The lowest BCUT2D eigenvalue weighted by atomic mass is 10.1. The number of rotatable bonds is 3. The van der Waals surface area contributed by atoms with Crippen molar-refractivity contribution in [2.45, 2.75) is 13.5 Å². The molecule has 2 aromatic heterocycles. The summed E-state index contributed by atoms with van der Waals surface area (Å²) < 4.78 is 3.11. The number of hydrogen-bond acceptors (Lipinski definition) is 4. The van der Waals surface area contributed by atoms with E-state index in [9.17, 15) is 9.59 Å². The molecule has 0 radical (unpaired) electrons. The van der Waals surface area contributed by atoms with Gasteiger partial charge in [-0.3, -0.25) is 18.9 Å². The number of hydrogen-bond donors (Lipinski definition) is 2. The normalized spacial score (nSPS) is 11.0. The minimum Gasteiger partial charge on any atom is -0.359 e. The zero-order chi connectivity index (χ0) is 15.9. The van der Waals surface area contributed by atoms with Crippen LogP contribution in [-0.2, 0) is 13.6 Å². The van der Waals surface area contributed by atoms with Gasteiger partial charge in [-0.25, -0.2) is 4.79 Å². The predicted molar refractivity (Wildman–Crippen MR) is 85.4 cm³/mol. The van der Waals surface area contributed by atoms with Crippen molar-refractivity contribution >= 4 is 17.1 Å². The van der Waals surface area contributed by atoms with Gasteiger partial charge in [0.25, 0.3) is 5.56 Å². The highest BCUT2D eigenvalue weighted by Gasteiger charge is 2.16. The summed E-state index contributed by atoms with van der Waals surface area (Å²) >= 11 is 0. The summed E-state index contributed by atoms with van der Waals surface area (Å²) in [6, 6.07) is 8.06. The molecule has 2 N–H and O–H groups in total. The standard InChI is InChI=1S/C15H17N5O2/c1-9-4-6-10(7-5-9)8-20-11-12(17-14(20)16-2)19(3)15(22)18-13(11)21/h4-7H,8H2,1-3H3,(H,16,17)(H,18,21,22). The summed E-state index contributed by atoms with van der Waals surface area (Å²) in [5.74, 6) is 0.544. The molecule has 0 saturated carbocycles. The van der Waals surface area contributed by atoms with E-state index in [1.165, 1.54) is 10.1 Å². The van der Waals surface area contributed by atoms with Crippen molar-refractivity contribution in [2.75, 3.05) is 12.4 Å². The van der Waals surface area contributed by atoms with E-state index in [1.807, 2.05) is 31.2 Å². The zero-order valence-corrected chi connectivity index (χ0v) is 12.7. The maximum Gasteiger partial charge on any atom is 0.329 e. The molecule has 22 heavy (non-hydrogen) atoms. The number of fused-ring (bicyclic) bond motifs is 1. The molecule has 0 aliphatic heterocycles. The Balaban J connectivity index is 2.24. The van der Waals surface area contributed by atoms with Gasteiger partial charge in [-0.1, -0.05) is 29.8 Å². The molecule has 1 aromatic carbocycles.